The second-order valence-corrected chi connectivity index (χ2v) is 5.24. The highest BCUT2D eigenvalue weighted by molar-refractivity contribution is 5.76. The average molecular weight is 263 g/mol. The van der Waals surface area contributed by atoms with Crippen molar-refractivity contribution in [3.8, 4) is 0 Å². The van der Waals surface area contributed by atoms with Gasteiger partial charge in [0, 0.05) is 19.0 Å². The number of amides is 1. The van der Waals surface area contributed by atoms with E-state index in [1.807, 2.05) is 11.0 Å². The molecule has 1 fully saturated rings. The van der Waals surface area contributed by atoms with Crippen molar-refractivity contribution < 1.29 is 9.18 Å². The van der Waals surface area contributed by atoms with Crippen LogP contribution in [0, 0.1) is 5.82 Å². The van der Waals surface area contributed by atoms with Gasteiger partial charge in [-0.25, -0.2) is 4.39 Å². The number of rotatable bonds is 5. The lowest BCUT2D eigenvalue weighted by atomic mass is 10.1. The first kappa shape index (κ1) is 14.0. The Morgan fingerprint density at radius 3 is 2.95 bits per heavy atom. The molecular weight excluding hydrogens is 241 g/mol. The molecule has 1 saturated heterocycles. The van der Waals surface area contributed by atoms with Crippen LogP contribution in [0.2, 0.25) is 0 Å². The quantitative estimate of drug-likeness (QED) is 0.795. The molecule has 1 aromatic rings. The Morgan fingerprint density at radius 2 is 2.21 bits per heavy atom. The zero-order valence-electron chi connectivity index (χ0n) is 11.6. The highest BCUT2D eigenvalue weighted by atomic mass is 19.1. The van der Waals surface area contributed by atoms with Gasteiger partial charge in [0.15, 0.2) is 0 Å². The van der Waals surface area contributed by atoms with Crippen molar-refractivity contribution in [1.82, 2.24) is 4.90 Å². The minimum atomic E-state index is -0.164. The summed E-state index contributed by atoms with van der Waals surface area (Å²) in [5.74, 6) is 0.0724. The highest BCUT2D eigenvalue weighted by Gasteiger charge is 2.26. The van der Waals surface area contributed by atoms with Crippen LogP contribution in [-0.2, 0) is 11.2 Å². The number of halogens is 1. The van der Waals surface area contributed by atoms with Gasteiger partial charge in [-0.05, 0) is 43.7 Å². The summed E-state index contributed by atoms with van der Waals surface area (Å²) in [6, 6.07) is 7.24. The summed E-state index contributed by atoms with van der Waals surface area (Å²) in [7, 11) is 0. The Morgan fingerprint density at radius 1 is 1.42 bits per heavy atom. The Hall–Kier alpha value is -1.38. The van der Waals surface area contributed by atoms with Gasteiger partial charge in [0.05, 0.1) is 0 Å². The van der Waals surface area contributed by atoms with E-state index in [-0.39, 0.29) is 11.7 Å². The lowest BCUT2D eigenvalue weighted by Gasteiger charge is -2.23. The third-order valence-corrected chi connectivity index (χ3v) is 3.96. The topological polar surface area (TPSA) is 20.3 Å². The van der Waals surface area contributed by atoms with Crippen LogP contribution in [0.1, 0.15) is 44.6 Å². The maximum Gasteiger partial charge on any atom is 0.222 e. The minimum absolute atomic E-state index is 0.164. The fraction of sp³-hybridized carbons (Fsp3) is 0.562. The van der Waals surface area contributed by atoms with E-state index in [0.29, 0.717) is 24.4 Å². The van der Waals surface area contributed by atoms with E-state index in [1.165, 1.54) is 6.07 Å². The molecule has 3 heteroatoms. The third kappa shape index (κ3) is 3.55. The molecule has 19 heavy (non-hydrogen) atoms. The van der Waals surface area contributed by atoms with Gasteiger partial charge >= 0.3 is 0 Å². The van der Waals surface area contributed by atoms with Crippen molar-refractivity contribution in [1.29, 1.82) is 0 Å². The van der Waals surface area contributed by atoms with Gasteiger partial charge in [-0.15, -0.1) is 0 Å². The molecular formula is C16H22FNO. The van der Waals surface area contributed by atoms with Gasteiger partial charge < -0.3 is 4.90 Å². The molecule has 1 aliphatic heterocycles. The van der Waals surface area contributed by atoms with Gasteiger partial charge in [-0.1, -0.05) is 25.1 Å². The van der Waals surface area contributed by atoms with Crippen LogP contribution < -0.4 is 0 Å². The zero-order valence-corrected chi connectivity index (χ0v) is 11.6. The highest BCUT2D eigenvalue weighted by Crippen LogP contribution is 2.21. The fourth-order valence-electron chi connectivity index (χ4n) is 2.86. The van der Waals surface area contributed by atoms with Crippen molar-refractivity contribution in [2.24, 2.45) is 0 Å². The van der Waals surface area contributed by atoms with E-state index in [2.05, 4.69) is 6.92 Å². The Kier molecular flexibility index (Phi) is 4.94. The normalized spacial score (nSPS) is 18.8. The van der Waals surface area contributed by atoms with Crippen LogP contribution >= 0.6 is 0 Å². The van der Waals surface area contributed by atoms with E-state index in [1.54, 1.807) is 12.1 Å². The molecule has 104 valence electrons. The molecule has 1 atom stereocenters. The predicted molar refractivity (Wildman–Crippen MR) is 74.4 cm³/mol. The summed E-state index contributed by atoms with van der Waals surface area (Å²) in [5.41, 5.74) is 0.712. The predicted octanol–water partition coefficient (Wildman–Crippen LogP) is 3.55. The van der Waals surface area contributed by atoms with Gasteiger partial charge in [-0.2, -0.15) is 0 Å². The summed E-state index contributed by atoms with van der Waals surface area (Å²) >= 11 is 0. The number of benzene rings is 1. The minimum Gasteiger partial charge on any atom is -0.340 e. The number of carbonyl (C=O) groups excluding carboxylic acids is 1. The standard InChI is InChI=1S/C16H22FNO/c1-2-14-9-6-12-18(14)16(19)11-5-8-13-7-3-4-10-15(13)17/h3-4,7,10,14H,2,5-6,8-9,11-12H2,1H3. The monoisotopic (exact) mass is 263 g/mol. The van der Waals surface area contributed by atoms with Gasteiger partial charge in [0.1, 0.15) is 5.82 Å². The van der Waals surface area contributed by atoms with E-state index in [4.69, 9.17) is 0 Å². The number of hydrogen-bond acceptors (Lipinski definition) is 1. The van der Waals surface area contributed by atoms with Gasteiger partial charge in [0.2, 0.25) is 5.91 Å². The number of likely N-dealkylation sites (tertiary alicyclic amines) is 1. The van der Waals surface area contributed by atoms with Crippen LogP contribution in [0.5, 0.6) is 0 Å². The van der Waals surface area contributed by atoms with E-state index in [0.717, 1.165) is 32.2 Å². The molecule has 1 heterocycles. The molecule has 1 aromatic carbocycles. The van der Waals surface area contributed by atoms with Crippen LogP contribution in [0.4, 0.5) is 4.39 Å². The summed E-state index contributed by atoms with van der Waals surface area (Å²) in [5, 5.41) is 0. The van der Waals surface area contributed by atoms with Crippen LogP contribution in [-0.4, -0.2) is 23.4 Å². The maximum atomic E-state index is 13.4. The van der Waals surface area contributed by atoms with Crippen molar-refractivity contribution in [2.75, 3.05) is 6.54 Å². The molecule has 0 N–H and O–H groups in total. The number of carbonyl (C=O) groups is 1. The first-order valence-electron chi connectivity index (χ1n) is 7.25. The van der Waals surface area contributed by atoms with Gasteiger partial charge in [-0.3, -0.25) is 4.79 Å². The van der Waals surface area contributed by atoms with Crippen LogP contribution in [0.25, 0.3) is 0 Å². The fourth-order valence-corrected chi connectivity index (χ4v) is 2.86. The lowest BCUT2D eigenvalue weighted by Crippen LogP contribution is -2.34. The molecule has 0 bridgehead atoms. The summed E-state index contributed by atoms with van der Waals surface area (Å²) in [6.07, 6.45) is 5.20. The summed E-state index contributed by atoms with van der Waals surface area (Å²) in [6.45, 7) is 3.03. The molecule has 2 nitrogen and oxygen atoms in total. The SMILES string of the molecule is CCC1CCCN1C(=O)CCCc1ccccc1F. The molecule has 1 amide bonds. The van der Waals surface area contributed by atoms with Crippen LogP contribution in [0.15, 0.2) is 24.3 Å². The molecule has 0 radical (unpaired) electrons. The molecule has 0 saturated carbocycles. The first-order chi connectivity index (χ1) is 9.22. The molecule has 1 unspecified atom stereocenters. The lowest BCUT2D eigenvalue weighted by molar-refractivity contribution is -0.132. The number of aryl methyl sites for hydroxylation is 1. The Labute approximate surface area is 114 Å². The second-order valence-electron chi connectivity index (χ2n) is 5.24. The average Bonchev–Trinajstić information content (AvgIpc) is 2.89. The van der Waals surface area contributed by atoms with Crippen LogP contribution in [0.3, 0.4) is 0 Å². The van der Waals surface area contributed by atoms with E-state index in [9.17, 15) is 9.18 Å². The molecule has 0 aromatic heterocycles. The molecule has 1 aliphatic rings. The second kappa shape index (κ2) is 6.69. The maximum absolute atomic E-state index is 13.4. The number of nitrogens with zero attached hydrogens (tertiary/aromatic N) is 1. The van der Waals surface area contributed by atoms with Crippen molar-refractivity contribution in [3.63, 3.8) is 0 Å². The van der Waals surface area contributed by atoms with Crippen molar-refractivity contribution >= 4 is 5.91 Å². The summed E-state index contributed by atoms with van der Waals surface area (Å²) < 4.78 is 13.4. The Bertz CT molecular complexity index is 433. The smallest absolute Gasteiger partial charge is 0.222 e. The molecule has 0 aliphatic carbocycles. The van der Waals surface area contributed by atoms with Gasteiger partial charge in [0.25, 0.3) is 0 Å². The first-order valence-corrected chi connectivity index (χ1v) is 7.25. The Balaban J connectivity index is 1.80. The summed E-state index contributed by atoms with van der Waals surface area (Å²) in [4.78, 5) is 14.1. The zero-order chi connectivity index (χ0) is 13.7. The largest absolute Gasteiger partial charge is 0.340 e. The van der Waals surface area contributed by atoms with E-state index >= 15 is 0 Å². The molecule has 2 rings (SSSR count). The third-order valence-electron chi connectivity index (χ3n) is 3.96. The van der Waals surface area contributed by atoms with E-state index < -0.39 is 0 Å². The van der Waals surface area contributed by atoms with Crippen molar-refractivity contribution in [2.45, 2.75) is 51.5 Å². The number of hydrogen-bond donors (Lipinski definition) is 0. The molecule has 0 spiro atoms. The van der Waals surface area contributed by atoms with Crippen molar-refractivity contribution in [3.05, 3.63) is 35.6 Å².